The highest BCUT2D eigenvalue weighted by molar-refractivity contribution is 7.11. The first-order valence-corrected chi connectivity index (χ1v) is 10.5. The number of nitrogens with zero attached hydrogens (tertiary/aromatic N) is 2. The van der Waals surface area contributed by atoms with Gasteiger partial charge in [0.25, 0.3) is 0 Å². The third-order valence-corrected chi connectivity index (χ3v) is 6.72. The van der Waals surface area contributed by atoms with Gasteiger partial charge in [0.05, 0.1) is 5.69 Å². The minimum absolute atomic E-state index is 0.0453. The molecule has 0 saturated heterocycles. The Kier molecular flexibility index (Phi) is 4.82. The average molecular weight is 399 g/mol. The van der Waals surface area contributed by atoms with Gasteiger partial charge >= 0.3 is 0 Å². The van der Waals surface area contributed by atoms with Crippen LogP contribution >= 0.6 is 34.3 Å². The van der Waals surface area contributed by atoms with E-state index < -0.39 is 0 Å². The quantitative estimate of drug-likeness (QED) is 0.412. The molecule has 0 bridgehead atoms. The number of thiazole rings is 1. The summed E-state index contributed by atoms with van der Waals surface area (Å²) < 4.78 is 0. The molecule has 1 aliphatic carbocycles. The van der Waals surface area contributed by atoms with Crippen molar-refractivity contribution < 1.29 is 5.11 Å². The number of rotatable bonds is 3. The van der Waals surface area contributed by atoms with Crippen LogP contribution in [0.25, 0.3) is 22.6 Å². The first-order valence-electron chi connectivity index (χ1n) is 8.32. The van der Waals surface area contributed by atoms with Gasteiger partial charge in [-0.15, -0.1) is 22.7 Å². The monoisotopic (exact) mass is 398 g/mol. The van der Waals surface area contributed by atoms with Crippen molar-refractivity contribution in [1.29, 1.82) is 5.26 Å². The van der Waals surface area contributed by atoms with E-state index in [0.29, 0.717) is 10.0 Å². The first-order chi connectivity index (χ1) is 12.7. The van der Waals surface area contributed by atoms with Crippen molar-refractivity contribution in [3.8, 4) is 17.3 Å². The summed E-state index contributed by atoms with van der Waals surface area (Å²) in [5.41, 5.74) is 3.93. The van der Waals surface area contributed by atoms with E-state index in [9.17, 15) is 10.4 Å². The molecular formula is C20H15ClN2OS2. The molecule has 0 atom stereocenters. The standard InChI is InChI=1S/C20H15ClN2OS2/c21-13-7-5-12(6-8-13)17-11-26-20(23-17)15(9-22)19(24)16-10-25-18-4-2-1-3-14(16)18/h5-8,10-11,24H,1-4H2. The largest absolute Gasteiger partial charge is 0.506 e. The lowest BCUT2D eigenvalue weighted by Crippen LogP contribution is -2.01. The predicted molar refractivity (Wildman–Crippen MR) is 109 cm³/mol. The van der Waals surface area contributed by atoms with Crippen LogP contribution in [-0.4, -0.2) is 10.1 Å². The summed E-state index contributed by atoms with van der Waals surface area (Å²) in [5.74, 6) is 0.0453. The number of halogens is 1. The number of fused-ring (bicyclic) bond motifs is 1. The number of allylic oxidation sites excluding steroid dienone is 1. The minimum atomic E-state index is 0.0453. The topological polar surface area (TPSA) is 56.9 Å². The molecule has 26 heavy (non-hydrogen) atoms. The van der Waals surface area contributed by atoms with E-state index >= 15 is 0 Å². The Bertz CT molecular complexity index is 1030. The van der Waals surface area contributed by atoms with Gasteiger partial charge in [0.1, 0.15) is 22.4 Å². The number of aromatic nitrogens is 1. The molecule has 2 heterocycles. The zero-order valence-corrected chi connectivity index (χ0v) is 16.2. The molecule has 1 aliphatic rings. The van der Waals surface area contributed by atoms with Crippen LogP contribution in [0, 0.1) is 11.3 Å². The summed E-state index contributed by atoms with van der Waals surface area (Å²) >= 11 is 8.97. The van der Waals surface area contributed by atoms with Crippen molar-refractivity contribution in [2.75, 3.05) is 0 Å². The van der Waals surface area contributed by atoms with Crippen molar-refractivity contribution >= 4 is 45.6 Å². The number of aliphatic hydroxyl groups excluding tert-OH is 1. The lowest BCUT2D eigenvalue weighted by Gasteiger charge is -2.12. The maximum atomic E-state index is 10.8. The summed E-state index contributed by atoms with van der Waals surface area (Å²) in [5, 5.41) is 25.5. The smallest absolute Gasteiger partial charge is 0.144 e. The van der Waals surface area contributed by atoms with Gasteiger partial charge in [0.15, 0.2) is 0 Å². The maximum Gasteiger partial charge on any atom is 0.144 e. The van der Waals surface area contributed by atoms with E-state index in [0.717, 1.165) is 36.1 Å². The number of aryl methyl sites for hydroxylation is 1. The Morgan fingerprint density at radius 2 is 1.88 bits per heavy atom. The van der Waals surface area contributed by atoms with Gasteiger partial charge in [-0.1, -0.05) is 23.7 Å². The van der Waals surface area contributed by atoms with Gasteiger partial charge in [0, 0.05) is 31.8 Å². The summed E-state index contributed by atoms with van der Waals surface area (Å²) in [7, 11) is 0. The van der Waals surface area contributed by atoms with Crippen molar-refractivity contribution in [3.05, 3.63) is 61.1 Å². The Labute approximate surface area is 164 Å². The summed E-state index contributed by atoms with van der Waals surface area (Å²) in [6.07, 6.45) is 4.35. The fraction of sp³-hybridized carbons (Fsp3) is 0.200. The molecule has 1 N–H and O–H groups in total. The van der Waals surface area contributed by atoms with E-state index in [1.807, 2.05) is 35.0 Å². The molecular weight excluding hydrogens is 384 g/mol. The number of hydrogen-bond acceptors (Lipinski definition) is 5. The maximum absolute atomic E-state index is 10.8. The van der Waals surface area contributed by atoms with Crippen LogP contribution in [0.3, 0.4) is 0 Å². The predicted octanol–water partition coefficient (Wildman–Crippen LogP) is 6.35. The van der Waals surface area contributed by atoms with E-state index in [1.54, 1.807) is 11.3 Å². The van der Waals surface area contributed by atoms with Crippen molar-refractivity contribution in [2.45, 2.75) is 25.7 Å². The lowest BCUT2D eigenvalue weighted by molar-refractivity contribution is 0.512. The highest BCUT2D eigenvalue weighted by atomic mass is 35.5. The second-order valence-electron chi connectivity index (χ2n) is 6.14. The molecule has 2 aromatic heterocycles. The first kappa shape index (κ1) is 17.3. The fourth-order valence-electron chi connectivity index (χ4n) is 3.17. The number of thiophene rings is 1. The summed E-state index contributed by atoms with van der Waals surface area (Å²) in [4.78, 5) is 5.89. The van der Waals surface area contributed by atoms with Crippen LogP contribution < -0.4 is 0 Å². The number of benzene rings is 1. The van der Waals surface area contributed by atoms with Crippen LogP contribution in [-0.2, 0) is 12.8 Å². The van der Waals surface area contributed by atoms with Crippen molar-refractivity contribution in [2.24, 2.45) is 0 Å². The molecule has 0 saturated carbocycles. The normalized spacial score (nSPS) is 14.5. The lowest BCUT2D eigenvalue weighted by atomic mass is 9.94. The SMILES string of the molecule is N#CC(=C(O)c1csc2c1CCCC2)c1nc(-c2ccc(Cl)cc2)cs1. The highest BCUT2D eigenvalue weighted by Gasteiger charge is 2.22. The molecule has 0 unspecified atom stereocenters. The molecule has 0 amide bonds. The van der Waals surface area contributed by atoms with Gasteiger partial charge in [-0.25, -0.2) is 4.98 Å². The van der Waals surface area contributed by atoms with E-state index in [-0.39, 0.29) is 11.3 Å². The van der Waals surface area contributed by atoms with E-state index in [2.05, 4.69) is 11.1 Å². The van der Waals surface area contributed by atoms with E-state index in [4.69, 9.17) is 11.6 Å². The zero-order chi connectivity index (χ0) is 18.1. The molecule has 0 spiro atoms. The Hall–Kier alpha value is -2.13. The number of hydrogen-bond donors (Lipinski definition) is 1. The molecule has 1 aromatic carbocycles. The van der Waals surface area contributed by atoms with Gasteiger partial charge in [0.2, 0.25) is 0 Å². The zero-order valence-electron chi connectivity index (χ0n) is 13.8. The Morgan fingerprint density at radius 1 is 1.12 bits per heavy atom. The molecule has 6 heteroatoms. The van der Waals surface area contributed by atoms with Crippen LogP contribution in [0.5, 0.6) is 0 Å². The molecule has 0 radical (unpaired) electrons. The molecule has 4 rings (SSSR count). The second kappa shape index (κ2) is 7.24. The molecule has 3 aromatic rings. The highest BCUT2D eigenvalue weighted by Crippen LogP contribution is 2.37. The van der Waals surface area contributed by atoms with Gasteiger partial charge in [-0.2, -0.15) is 5.26 Å². The average Bonchev–Trinajstić information content (AvgIpc) is 3.30. The third kappa shape index (κ3) is 3.16. The summed E-state index contributed by atoms with van der Waals surface area (Å²) in [6.45, 7) is 0. The third-order valence-electron chi connectivity index (χ3n) is 4.52. The molecule has 130 valence electrons. The number of aliphatic hydroxyl groups is 1. The minimum Gasteiger partial charge on any atom is -0.506 e. The second-order valence-corrected chi connectivity index (χ2v) is 8.40. The van der Waals surface area contributed by atoms with Crippen LogP contribution in [0.15, 0.2) is 35.0 Å². The van der Waals surface area contributed by atoms with Crippen LogP contribution in [0.4, 0.5) is 0 Å². The van der Waals surface area contributed by atoms with Gasteiger partial charge in [-0.05, 0) is 43.4 Å². The van der Waals surface area contributed by atoms with Crippen molar-refractivity contribution in [1.82, 2.24) is 4.98 Å². The van der Waals surface area contributed by atoms with Crippen LogP contribution in [0.2, 0.25) is 5.02 Å². The van der Waals surface area contributed by atoms with Gasteiger partial charge < -0.3 is 5.11 Å². The number of nitriles is 1. The Morgan fingerprint density at radius 3 is 2.65 bits per heavy atom. The summed E-state index contributed by atoms with van der Waals surface area (Å²) in [6, 6.07) is 9.56. The molecule has 3 nitrogen and oxygen atoms in total. The Balaban J connectivity index is 1.73. The molecule has 0 aliphatic heterocycles. The van der Waals surface area contributed by atoms with Gasteiger partial charge in [-0.3, -0.25) is 0 Å². The van der Waals surface area contributed by atoms with Crippen molar-refractivity contribution in [3.63, 3.8) is 0 Å². The van der Waals surface area contributed by atoms with E-state index in [1.165, 1.54) is 28.2 Å². The fourth-order valence-corrected chi connectivity index (χ4v) is 5.25. The molecule has 0 fully saturated rings. The van der Waals surface area contributed by atoms with Crippen LogP contribution in [0.1, 0.15) is 33.9 Å².